The minimum absolute atomic E-state index is 0.216. The minimum Gasteiger partial charge on any atom is -0.465 e. The number of carboxylic acid groups (broad SMARTS) is 1. The van der Waals surface area contributed by atoms with Crippen LogP contribution in [0.1, 0.15) is 18.9 Å². The Morgan fingerprint density at radius 3 is 2.74 bits per heavy atom. The summed E-state index contributed by atoms with van der Waals surface area (Å²) in [6.45, 7) is 2.97. The monoisotopic (exact) mass is 319 g/mol. The Hall–Kier alpha value is -2.34. The van der Waals surface area contributed by atoms with Gasteiger partial charge in [0.25, 0.3) is 0 Å². The molecule has 1 unspecified atom stereocenters. The van der Waals surface area contributed by atoms with Gasteiger partial charge in [0.05, 0.1) is 25.9 Å². The quantitative estimate of drug-likeness (QED) is 0.644. The molecule has 2 rings (SSSR count). The lowest BCUT2D eigenvalue weighted by Crippen LogP contribution is -2.37. The van der Waals surface area contributed by atoms with Crippen LogP contribution in [0.2, 0.25) is 0 Å². The van der Waals surface area contributed by atoms with Gasteiger partial charge in [-0.25, -0.2) is 9.59 Å². The summed E-state index contributed by atoms with van der Waals surface area (Å²) in [5.41, 5.74) is 1.79. The Morgan fingerprint density at radius 2 is 2.09 bits per heavy atom. The average Bonchev–Trinajstić information content (AvgIpc) is 2.91. The fraction of sp³-hybridized carbons (Fsp3) is 0.412. The summed E-state index contributed by atoms with van der Waals surface area (Å²) in [7, 11) is 0. The van der Waals surface area contributed by atoms with E-state index in [4.69, 9.17) is 9.47 Å². The summed E-state index contributed by atoms with van der Waals surface area (Å²) in [6.07, 6.45) is 0.863. The molecule has 1 fully saturated rings. The second-order valence-electron chi connectivity index (χ2n) is 5.32. The molecule has 0 aromatic heterocycles. The number of hydrogen-bond donors (Lipinski definition) is 1. The standard InChI is InChI=1S/C17H21NO5/c1-2-23-16(19)9-14-8-15(18(10-14)17(20)21)12-22-11-13-6-4-3-5-7-13/h3-7,9,15H,2,8,10-12H2,1H3,(H,20,21). The maximum atomic E-state index is 11.5. The van der Waals surface area contributed by atoms with E-state index in [9.17, 15) is 14.7 Å². The fourth-order valence-corrected chi connectivity index (χ4v) is 2.54. The highest BCUT2D eigenvalue weighted by Crippen LogP contribution is 2.23. The van der Waals surface area contributed by atoms with Gasteiger partial charge in [-0.05, 0) is 24.5 Å². The van der Waals surface area contributed by atoms with Crippen LogP contribution >= 0.6 is 0 Å². The number of likely N-dealkylation sites (tertiary alicyclic amines) is 1. The Balaban J connectivity index is 1.91. The Labute approximate surface area is 135 Å². The number of carbonyl (C=O) groups excluding carboxylic acids is 1. The number of benzene rings is 1. The predicted octanol–water partition coefficient (Wildman–Crippen LogP) is 2.45. The molecule has 1 saturated heterocycles. The lowest BCUT2D eigenvalue weighted by Gasteiger charge is -2.20. The highest BCUT2D eigenvalue weighted by molar-refractivity contribution is 5.83. The third-order valence-corrected chi connectivity index (χ3v) is 3.59. The molecule has 0 spiro atoms. The molecule has 1 amide bonds. The van der Waals surface area contributed by atoms with E-state index in [0.29, 0.717) is 26.2 Å². The second-order valence-corrected chi connectivity index (χ2v) is 5.32. The molecule has 1 N–H and O–H groups in total. The van der Waals surface area contributed by atoms with Gasteiger partial charge in [0.15, 0.2) is 0 Å². The number of carbonyl (C=O) groups is 2. The molecule has 1 heterocycles. The van der Waals surface area contributed by atoms with Crippen LogP contribution in [0, 0.1) is 0 Å². The minimum atomic E-state index is -1.01. The van der Waals surface area contributed by atoms with Crippen molar-refractivity contribution in [1.82, 2.24) is 4.90 Å². The van der Waals surface area contributed by atoms with Gasteiger partial charge in [0.2, 0.25) is 0 Å². The van der Waals surface area contributed by atoms with E-state index in [1.165, 1.54) is 11.0 Å². The summed E-state index contributed by atoms with van der Waals surface area (Å²) in [5, 5.41) is 9.28. The summed E-state index contributed by atoms with van der Waals surface area (Å²) in [5.74, 6) is -0.432. The van der Waals surface area contributed by atoms with Gasteiger partial charge in [0, 0.05) is 12.6 Å². The van der Waals surface area contributed by atoms with Crippen molar-refractivity contribution in [3.8, 4) is 0 Å². The van der Waals surface area contributed by atoms with Crippen molar-refractivity contribution >= 4 is 12.1 Å². The molecule has 124 valence electrons. The van der Waals surface area contributed by atoms with Crippen molar-refractivity contribution in [2.75, 3.05) is 19.8 Å². The van der Waals surface area contributed by atoms with Crippen LogP contribution in [0.5, 0.6) is 0 Å². The summed E-state index contributed by atoms with van der Waals surface area (Å²) < 4.78 is 10.5. The maximum Gasteiger partial charge on any atom is 0.407 e. The zero-order valence-corrected chi connectivity index (χ0v) is 13.1. The normalized spacial score (nSPS) is 19.1. The topological polar surface area (TPSA) is 76.1 Å². The second kappa shape index (κ2) is 8.33. The van der Waals surface area contributed by atoms with Gasteiger partial charge in [-0.1, -0.05) is 30.3 Å². The van der Waals surface area contributed by atoms with E-state index >= 15 is 0 Å². The molecule has 0 aliphatic carbocycles. The van der Waals surface area contributed by atoms with Crippen LogP contribution in [0.3, 0.4) is 0 Å². The van der Waals surface area contributed by atoms with Gasteiger partial charge in [-0.3, -0.25) is 4.90 Å². The highest BCUT2D eigenvalue weighted by Gasteiger charge is 2.32. The van der Waals surface area contributed by atoms with Crippen molar-refractivity contribution in [1.29, 1.82) is 0 Å². The SMILES string of the molecule is CCOC(=O)C=C1CC(COCc2ccccc2)N(C(=O)O)C1. The summed E-state index contributed by atoms with van der Waals surface area (Å²) in [4.78, 5) is 24.1. The largest absolute Gasteiger partial charge is 0.465 e. The third kappa shape index (κ3) is 5.10. The van der Waals surface area contributed by atoms with Gasteiger partial charge in [-0.15, -0.1) is 0 Å². The van der Waals surface area contributed by atoms with Crippen molar-refractivity contribution in [3.63, 3.8) is 0 Å². The first-order valence-electron chi connectivity index (χ1n) is 7.57. The third-order valence-electron chi connectivity index (χ3n) is 3.59. The Bertz CT molecular complexity index is 570. The molecule has 0 radical (unpaired) electrons. The molecular formula is C17H21NO5. The summed E-state index contributed by atoms with van der Waals surface area (Å²) >= 11 is 0. The lowest BCUT2D eigenvalue weighted by molar-refractivity contribution is -0.137. The number of rotatable bonds is 6. The molecule has 1 aromatic carbocycles. The molecule has 1 atom stereocenters. The van der Waals surface area contributed by atoms with Crippen molar-refractivity contribution in [3.05, 3.63) is 47.5 Å². The summed E-state index contributed by atoms with van der Waals surface area (Å²) in [6, 6.07) is 9.41. The van der Waals surface area contributed by atoms with E-state index in [0.717, 1.165) is 11.1 Å². The molecule has 6 heteroatoms. The Morgan fingerprint density at radius 1 is 1.35 bits per heavy atom. The van der Waals surface area contributed by atoms with E-state index in [2.05, 4.69) is 0 Å². The van der Waals surface area contributed by atoms with Crippen LogP contribution < -0.4 is 0 Å². The number of ether oxygens (including phenoxy) is 2. The zero-order valence-electron chi connectivity index (χ0n) is 13.1. The van der Waals surface area contributed by atoms with Crippen molar-refractivity contribution in [2.45, 2.75) is 26.0 Å². The number of esters is 1. The first-order valence-corrected chi connectivity index (χ1v) is 7.57. The van der Waals surface area contributed by atoms with Crippen LogP contribution in [0.4, 0.5) is 4.79 Å². The number of nitrogens with zero attached hydrogens (tertiary/aromatic N) is 1. The van der Waals surface area contributed by atoms with E-state index in [-0.39, 0.29) is 12.6 Å². The van der Waals surface area contributed by atoms with Gasteiger partial charge >= 0.3 is 12.1 Å². The van der Waals surface area contributed by atoms with Gasteiger partial charge < -0.3 is 14.6 Å². The highest BCUT2D eigenvalue weighted by atomic mass is 16.5. The van der Waals surface area contributed by atoms with Crippen LogP contribution in [0.15, 0.2) is 42.0 Å². The van der Waals surface area contributed by atoms with Crippen molar-refractivity contribution < 1.29 is 24.2 Å². The maximum absolute atomic E-state index is 11.5. The first-order chi connectivity index (χ1) is 11.1. The molecule has 6 nitrogen and oxygen atoms in total. The van der Waals surface area contributed by atoms with Crippen molar-refractivity contribution in [2.24, 2.45) is 0 Å². The average molecular weight is 319 g/mol. The van der Waals surface area contributed by atoms with E-state index in [1.54, 1.807) is 6.92 Å². The van der Waals surface area contributed by atoms with Crippen LogP contribution in [-0.2, 0) is 20.9 Å². The zero-order chi connectivity index (χ0) is 16.7. The number of hydrogen-bond acceptors (Lipinski definition) is 4. The molecule has 1 aromatic rings. The molecular weight excluding hydrogens is 298 g/mol. The molecule has 1 aliphatic rings. The molecule has 0 bridgehead atoms. The Kier molecular flexibility index (Phi) is 6.17. The smallest absolute Gasteiger partial charge is 0.407 e. The van der Waals surface area contributed by atoms with Crippen LogP contribution in [0.25, 0.3) is 0 Å². The molecule has 0 saturated carbocycles. The van der Waals surface area contributed by atoms with Gasteiger partial charge in [0.1, 0.15) is 0 Å². The molecule has 23 heavy (non-hydrogen) atoms. The van der Waals surface area contributed by atoms with E-state index < -0.39 is 12.1 Å². The predicted molar refractivity (Wildman–Crippen MR) is 83.9 cm³/mol. The van der Waals surface area contributed by atoms with Gasteiger partial charge in [-0.2, -0.15) is 0 Å². The number of amides is 1. The fourth-order valence-electron chi connectivity index (χ4n) is 2.54. The molecule has 1 aliphatic heterocycles. The lowest BCUT2D eigenvalue weighted by atomic mass is 10.1. The van der Waals surface area contributed by atoms with E-state index in [1.807, 2.05) is 30.3 Å². The first kappa shape index (κ1) is 17.0. The van der Waals surface area contributed by atoms with Crippen LogP contribution in [-0.4, -0.2) is 47.9 Å².